The lowest BCUT2D eigenvalue weighted by Gasteiger charge is -2.02. The highest BCUT2D eigenvalue weighted by atomic mass is 19.1. The van der Waals surface area contributed by atoms with Gasteiger partial charge in [0.15, 0.2) is 11.5 Å². The highest BCUT2D eigenvalue weighted by Crippen LogP contribution is 2.33. The average molecular weight is 300 g/mol. The molecule has 2 aromatic heterocycles. The number of hydrogen-bond donors (Lipinski definition) is 0. The number of carbonyl (C=O) groups is 1. The number of benzene rings is 1. The van der Waals surface area contributed by atoms with Crippen molar-refractivity contribution in [2.45, 2.75) is 6.92 Å². The van der Waals surface area contributed by atoms with E-state index in [1.165, 1.54) is 18.4 Å². The molecular formula is C17H13FO4. The van der Waals surface area contributed by atoms with Crippen LogP contribution in [0.3, 0.4) is 0 Å². The van der Waals surface area contributed by atoms with Crippen molar-refractivity contribution in [3.63, 3.8) is 0 Å². The van der Waals surface area contributed by atoms with Gasteiger partial charge < -0.3 is 13.6 Å². The van der Waals surface area contributed by atoms with E-state index >= 15 is 0 Å². The first kappa shape index (κ1) is 14.1. The van der Waals surface area contributed by atoms with E-state index in [4.69, 9.17) is 13.6 Å². The van der Waals surface area contributed by atoms with Crippen molar-refractivity contribution in [1.29, 1.82) is 0 Å². The summed E-state index contributed by atoms with van der Waals surface area (Å²) in [6, 6.07) is 10.9. The fourth-order valence-corrected chi connectivity index (χ4v) is 2.12. The fourth-order valence-electron chi connectivity index (χ4n) is 2.12. The number of esters is 1. The van der Waals surface area contributed by atoms with Crippen LogP contribution in [0.1, 0.15) is 17.5 Å². The lowest BCUT2D eigenvalue weighted by atomic mass is 10.1. The molecule has 112 valence electrons. The molecule has 0 aliphatic carbocycles. The van der Waals surface area contributed by atoms with Gasteiger partial charge in [0.05, 0.1) is 12.9 Å². The number of ether oxygens (including phenoxy) is 1. The van der Waals surface area contributed by atoms with Crippen molar-refractivity contribution in [3.8, 4) is 22.6 Å². The second-order valence-electron chi connectivity index (χ2n) is 4.56. The van der Waals surface area contributed by atoms with Gasteiger partial charge in [0.25, 0.3) is 0 Å². The maximum absolute atomic E-state index is 13.1. The molecule has 0 N–H and O–H groups in total. The molecule has 22 heavy (non-hydrogen) atoms. The summed E-state index contributed by atoms with van der Waals surface area (Å²) in [5.41, 5.74) is 1.19. The normalized spacial score (nSPS) is 10.6. The van der Waals surface area contributed by atoms with Crippen molar-refractivity contribution in [1.82, 2.24) is 0 Å². The third kappa shape index (κ3) is 2.65. The zero-order valence-corrected chi connectivity index (χ0v) is 11.8. The first-order valence-corrected chi connectivity index (χ1v) is 6.80. The van der Waals surface area contributed by atoms with Crippen LogP contribution in [0.5, 0.6) is 0 Å². The Balaban J connectivity index is 2.10. The fraction of sp³-hybridized carbons (Fsp3) is 0.118. The Morgan fingerprint density at radius 1 is 1.18 bits per heavy atom. The van der Waals surface area contributed by atoms with Crippen molar-refractivity contribution < 1.29 is 22.8 Å². The summed E-state index contributed by atoms with van der Waals surface area (Å²) in [5, 5.41) is 0. The molecule has 4 nitrogen and oxygen atoms in total. The van der Waals surface area contributed by atoms with Crippen molar-refractivity contribution in [2.75, 3.05) is 6.61 Å². The molecule has 3 aromatic rings. The molecule has 0 atom stereocenters. The first-order chi connectivity index (χ1) is 10.7. The predicted molar refractivity (Wildman–Crippen MR) is 77.8 cm³/mol. The van der Waals surface area contributed by atoms with Crippen LogP contribution in [0.4, 0.5) is 4.39 Å². The van der Waals surface area contributed by atoms with Gasteiger partial charge in [0.2, 0.25) is 5.76 Å². The Hall–Kier alpha value is -2.82. The summed E-state index contributed by atoms with van der Waals surface area (Å²) >= 11 is 0. The van der Waals surface area contributed by atoms with Gasteiger partial charge in [-0.2, -0.15) is 0 Å². The van der Waals surface area contributed by atoms with Gasteiger partial charge in [-0.25, -0.2) is 9.18 Å². The Morgan fingerprint density at radius 2 is 1.95 bits per heavy atom. The number of carbonyl (C=O) groups excluding carboxylic acids is 1. The minimum atomic E-state index is -0.570. The molecule has 0 amide bonds. The van der Waals surface area contributed by atoms with Gasteiger partial charge in [0, 0.05) is 5.56 Å². The van der Waals surface area contributed by atoms with Crippen molar-refractivity contribution in [3.05, 3.63) is 60.3 Å². The van der Waals surface area contributed by atoms with Crippen LogP contribution in [0.2, 0.25) is 0 Å². The maximum atomic E-state index is 13.1. The Morgan fingerprint density at radius 3 is 2.59 bits per heavy atom. The molecule has 1 aromatic carbocycles. The topological polar surface area (TPSA) is 52.6 Å². The SMILES string of the molecule is CCOC(=O)c1oc(-c2ccco2)cc1-c1ccc(F)cc1. The van der Waals surface area contributed by atoms with E-state index < -0.39 is 5.97 Å². The summed E-state index contributed by atoms with van der Waals surface area (Å²) in [5.74, 6) is 0.0574. The van der Waals surface area contributed by atoms with Crippen LogP contribution in [-0.4, -0.2) is 12.6 Å². The zero-order chi connectivity index (χ0) is 15.5. The van der Waals surface area contributed by atoms with E-state index in [0.29, 0.717) is 22.6 Å². The molecule has 0 radical (unpaired) electrons. The molecule has 0 aliphatic heterocycles. The highest BCUT2D eigenvalue weighted by molar-refractivity contribution is 5.95. The molecule has 5 heteroatoms. The summed E-state index contributed by atoms with van der Waals surface area (Å²) in [4.78, 5) is 12.1. The third-order valence-corrected chi connectivity index (χ3v) is 3.11. The molecule has 0 bridgehead atoms. The second-order valence-corrected chi connectivity index (χ2v) is 4.56. The molecule has 2 heterocycles. The Labute approximate surface area is 126 Å². The van der Waals surface area contributed by atoms with Gasteiger partial charge in [-0.15, -0.1) is 0 Å². The summed E-state index contributed by atoms with van der Waals surface area (Å²) in [6.45, 7) is 1.95. The largest absolute Gasteiger partial charge is 0.461 e. The molecular weight excluding hydrogens is 287 g/mol. The van der Waals surface area contributed by atoms with E-state index in [2.05, 4.69) is 0 Å². The van der Waals surface area contributed by atoms with Crippen LogP contribution in [0, 0.1) is 5.82 Å². The highest BCUT2D eigenvalue weighted by Gasteiger charge is 2.22. The summed E-state index contributed by atoms with van der Waals surface area (Å²) < 4.78 is 29.0. The molecule has 0 saturated carbocycles. The van der Waals surface area contributed by atoms with Crippen molar-refractivity contribution in [2.24, 2.45) is 0 Å². The van der Waals surface area contributed by atoms with Crippen LogP contribution in [0.25, 0.3) is 22.6 Å². The predicted octanol–water partition coefficient (Wildman–Crippen LogP) is 4.52. The smallest absolute Gasteiger partial charge is 0.374 e. The summed E-state index contributed by atoms with van der Waals surface area (Å²) in [7, 11) is 0. The molecule has 0 saturated heterocycles. The Bertz CT molecular complexity index is 770. The Kier molecular flexibility index (Phi) is 3.78. The number of hydrogen-bond acceptors (Lipinski definition) is 4. The molecule has 0 spiro atoms. The van der Waals surface area contributed by atoms with E-state index in [1.807, 2.05) is 0 Å². The van der Waals surface area contributed by atoms with Gasteiger partial charge in [-0.05, 0) is 42.8 Å². The van der Waals surface area contributed by atoms with E-state index in [-0.39, 0.29) is 18.2 Å². The average Bonchev–Trinajstić information content (AvgIpc) is 3.17. The summed E-state index contributed by atoms with van der Waals surface area (Å²) in [6.07, 6.45) is 1.51. The van der Waals surface area contributed by atoms with Crippen LogP contribution >= 0.6 is 0 Å². The van der Waals surface area contributed by atoms with Crippen LogP contribution in [0.15, 0.2) is 57.6 Å². The number of rotatable bonds is 4. The maximum Gasteiger partial charge on any atom is 0.374 e. The minimum Gasteiger partial charge on any atom is -0.461 e. The van der Waals surface area contributed by atoms with E-state index in [9.17, 15) is 9.18 Å². The van der Waals surface area contributed by atoms with Gasteiger partial charge in [-0.1, -0.05) is 12.1 Å². The minimum absolute atomic E-state index is 0.0693. The van der Waals surface area contributed by atoms with Crippen LogP contribution < -0.4 is 0 Å². The zero-order valence-electron chi connectivity index (χ0n) is 11.8. The van der Waals surface area contributed by atoms with E-state index in [1.54, 1.807) is 37.3 Å². The lowest BCUT2D eigenvalue weighted by Crippen LogP contribution is -2.04. The third-order valence-electron chi connectivity index (χ3n) is 3.11. The first-order valence-electron chi connectivity index (χ1n) is 6.80. The van der Waals surface area contributed by atoms with Gasteiger partial charge in [-0.3, -0.25) is 0 Å². The standard InChI is InChI=1S/C17H13FO4/c1-2-20-17(19)16-13(11-5-7-12(18)8-6-11)10-15(22-16)14-4-3-9-21-14/h3-10H,2H2,1H3. The van der Waals surface area contributed by atoms with Crippen molar-refractivity contribution >= 4 is 5.97 Å². The van der Waals surface area contributed by atoms with Gasteiger partial charge >= 0.3 is 5.97 Å². The molecule has 3 rings (SSSR count). The lowest BCUT2D eigenvalue weighted by molar-refractivity contribution is 0.0492. The van der Waals surface area contributed by atoms with Crippen LogP contribution in [-0.2, 0) is 4.74 Å². The molecule has 0 aliphatic rings. The van der Waals surface area contributed by atoms with Gasteiger partial charge in [0.1, 0.15) is 5.82 Å². The van der Waals surface area contributed by atoms with E-state index in [0.717, 1.165) is 0 Å². The monoisotopic (exact) mass is 300 g/mol. The second kappa shape index (κ2) is 5.89. The molecule has 0 unspecified atom stereocenters. The number of halogens is 1. The molecule has 0 fully saturated rings. The quantitative estimate of drug-likeness (QED) is 0.665. The number of furan rings is 2.